The Kier molecular flexibility index (Phi) is 9.76. The van der Waals surface area contributed by atoms with Gasteiger partial charge in [0.15, 0.2) is 0 Å². The number of nitrogens with zero attached hydrogens (tertiary/aromatic N) is 4. The van der Waals surface area contributed by atoms with Crippen molar-refractivity contribution in [2.75, 3.05) is 19.6 Å². The average molecular weight is 358 g/mol. The van der Waals surface area contributed by atoms with Gasteiger partial charge in [0.05, 0.1) is 0 Å². The van der Waals surface area contributed by atoms with Crippen LogP contribution in [0.4, 0.5) is 0 Å². The van der Waals surface area contributed by atoms with Crippen LogP contribution in [0.5, 0.6) is 0 Å². The largest absolute Gasteiger partial charge is 0.661 e. The van der Waals surface area contributed by atoms with E-state index in [0.29, 0.717) is 12.1 Å². The van der Waals surface area contributed by atoms with Gasteiger partial charge in [0, 0.05) is 17.1 Å². The summed E-state index contributed by atoms with van der Waals surface area (Å²) in [5.74, 6) is 0. The first-order chi connectivity index (χ1) is 9.60. The zero-order chi connectivity index (χ0) is 16.1. The summed E-state index contributed by atoms with van der Waals surface area (Å²) >= 11 is 0. The monoisotopic (exact) mass is 358 g/mol. The van der Waals surface area contributed by atoms with Gasteiger partial charge in [-0.15, -0.1) is 23.2 Å². The van der Waals surface area contributed by atoms with E-state index in [1.165, 1.54) is 0 Å². The van der Waals surface area contributed by atoms with Crippen molar-refractivity contribution in [2.24, 2.45) is 0 Å². The topological polar surface area (TPSA) is 56.4 Å². The molecule has 1 heterocycles. The number of rotatable bonds is 0. The summed E-state index contributed by atoms with van der Waals surface area (Å²) in [6.07, 6.45) is 1.99. The molecule has 1 fully saturated rings. The van der Waals surface area contributed by atoms with Gasteiger partial charge in [-0.2, -0.15) is 25.7 Å². The summed E-state index contributed by atoms with van der Waals surface area (Å²) in [6.45, 7) is 17.8. The molecule has 0 aromatic heterocycles. The second-order valence-corrected chi connectivity index (χ2v) is 7.86. The van der Waals surface area contributed by atoms with Crippen LogP contribution in [0.15, 0.2) is 0 Å². The third-order valence-corrected chi connectivity index (χ3v) is 3.96. The van der Waals surface area contributed by atoms with E-state index >= 15 is 0 Å². The van der Waals surface area contributed by atoms with E-state index in [-0.39, 0.29) is 34.2 Å². The molecule has 3 atom stereocenters. The van der Waals surface area contributed by atoms with Gasteiger partial charge < -0.3 is 21.3 Å². The Bertz CT molecular complexity index is 307. The van der Waals surface area contributed by atoms with Gasteiger partial charge in [-0.1, -0.05) is 61.3 Å². The maximum atomic E-state index is 4.87. The van der Waals surface area contributed by atoms with Crippen molar-refractivity contribution in [1.29, 1.82) is 0 Å². The van der Waals surface area contributed by atoms with Gasteiger partial charge >= 0.3 is 0 Å². The first kappa shape index (κ1) is 22.4. The second-order valence-electron chi connectivity index (χ2n) is 7.86. The standard InChI is InChI=1S/C17H34N4.Cu/c1-13-10-17(6,7)20-12-15(3)21-14(2)11-16(4,5)19-9-8-18-13;/h13-15H,8-12H2,1-7H3;/q-4;/t13-,14-,15?;/m0./s1/i;1+0. The fraction of sp³-hybridized carbons (Fsp3) is 1.00. The Morgan fingerprint density at radius 2 is 1.27 bits per heavy atom. The minimum absolute atomic E-state index is 0. The SMILES string of the molecule is CC1C[N-]C(C)(C)C[C@H](C)[N-]CC[N-]C(C)(C)C[C@H](C)[N-]1.[64Cu]. The van der Waals surface area contributed by atoms with Gasteiger partial charge in [0.1, 0.15) is 0 Å². The Morgan fingerprint density at radius 1 is 0.727 bits per heavy atom. The zero-order valence-corrected chi connectivity index (χ0v) is 16.3. The van der Waals surface area contributed by atoms with Gasteiger partial charge in [-0.25, -0.2) is 0 Å². The molecular formula is C17H34CuN4-4. The molecule has 1 aliphatic rings. The van der Waals surface area contributed by atoms with E-state index in [1.807, 2.05) is 0 Å². The minimum Gasteiger partial charge on any atom is -0.661 e. The summed E-state index contributed by atoms with van der Waals surface area (Å²) in [5, 5.41) is 19.3. The zero-order valence-electron chi connectivity index (χ0n) is 15.4. The third-order valence-electron chi connectivity index (χ3n) is 3.96. The van der Waals surface area contributed by atoms with Crippen LogP contribution in [0.3, 0.4) is 0 Å². The summed E-state index contributed by atoms with van der Waals surface area (Å²) in [4.78, 5) is 0. The molecule has 0 bridgehead atoms. The predicted octanol–water partition coefficient (Wildman–Crippen LogP) is 5.00. The van der Waals surface area contributed by atoms with E-state index in [9.17, 15) is 0 Å². The molecule has 0 saturated carbocycles. The molecule has 5 heteroatoms. The van der Waals surface area contributed by atoms with E-state index in [0.717, 1.165) is 32.5 Å². The van der Waals surface area contributed by atoms with Crippen LogP contribution in [0.1, 0.15) is 61.3 Å². The van der Waals surface area contributed by atoms with E-state index < -0.39 is 0 Å². The molecule has 0 aromatic carbocycles. The van der Waals surface area contributed by atoms with Crippen LogP contribution in [0, 0.1) is 0 Å². The summed E-state index contributed by atoms with van der Waals surface area (Å²) < 4.78 is 0. The maximum absolute atomic E-state index is 4.87. The second kappa shape index (κ2) is 9.61. The molecule has 4 nitrogen and oxygen atoms in total. The molecule has 0 spiro atoms. The van der Waals surface area contributed by atoms with Crippen LogP contribution in [0.25, 0.3) is 21.3 Å². The molecular weight excluding hydrogens is 324 g/mol. The maximum Gasteiger partial charge on any atom is 0 e. The van der Waals surface area contributed by atoms with Crippen LogP contribution >= 0.6 is 0 Å². The molecule has 0 aliphatic carbocycles. The molecule has 0 amide bonds. The first-order valence-electron chi connectivity index (χ1n) is 8.33. The molecule has 1 rings (SSSR count). The van der Waals surface area contributed by atoms with Crippen LogP contribution in [0.2, 0.25) is 0 Å². The molecule has 1 saturated heterocycles. The van der Waals surface area contributed by atoms with E-state index in [1.54, 1.807) is 0 Å². The average Bonchev–Trinajstić information content (AvgIpc) is 2.30. The van der Waals surface area contributed by atoms with Crippen LogP contribution < -0.4 is 0 Å². The molecule has 1 aliphatic heterocycles. The van der Waals surface area contributed by atoms with Gasteiger partial charge in [0.25, 0.3) is 0 Å². The normalized spacial score (nSPS) is 34.2. The number of hydrogen-bond acceptors (Lipinski definition) is 0. The van der Waals surface area contributed by atoms with E-state index in [4.69, 9.17) is 21.3 Å². The van der Waals surface area contributed by atoms with Crippen molar-refractivity contribution < 1.29 is 17.1 Å². The van der Waals surface area contributed by atoms with Crippen molar-refractivity contribution in [3.8, 4) is 0 Å². The van der Waals surface area contributed by atoms with Crippen molar-refractivity contribution in [2.45, 2.75) is 90.5 Å². The van der Waals surface area contributed by atoms with Crippen LogP contribution in [-0.2, 0) is 17.1 Å². The van der Waals surface area contributed by atoms with Crippen molar-refractivity contribution in [3.05, 3.63) is 21.3 Å². The first-order valence-corrected chi connectivity index (χ1v) is 8.33. The molecule has 137 valence electrons. The predicted molar refractivity (Wildman–Crippen MR) is 93.8 cm³/mol. The fourth-order valence-electron chi connectivity index (χ4n) is 3.18. The minimum atomic E-state index is -0.0174. The molecule has 1 radical (unpaired) electrons. The molecule has 1 unspecified atom stereocenters. The van der Waals surface area contributed by atoms with Crippen LogP contribution in [-0.4, -0.2) is 48.8 Å². The van der Waals surface area contributed by atoms with Gasteiger partial charge in [-0.05, 0) is 0 Å². The Balaban J connectivity index is 0.00000441. The summed E-state index contributed by atoms with van der Waals surface area (Å²) in [6, 6.07) is 0.956. The summed E-state index contributed by atoms with van der Waals surface area (Å²) in [5.41, 5.74) is -0.0294. The van der Waals surface area contributed by atoms with E-state index in [2.05, 4.69) is 48.5 Å². The van der Waals surface area contributed by atoms with Crippen molar-refractivity contribution in [3.63, 3.8) is 0 Å². The van der Waals surface area contributed by atoms with Crippen molar-refractivity contribution >= 4 is 0 Å². The third kappa shape index (κ3) is 9.49. The molecule has 0 N–H and O–H groups in total. The van der Waals surface area contributed by atoms with Gasteiger partial charge in [0.2, 0.25) is 0 Å². The van der Waals surface area contributed by atoms with Crippen molar-refractivity contribution in [1.82, 2.24) is 0 Å². The number of hydrogen-bond donors (Lipinski definition) is 0. The summed E-state index contributed by atoms with van der Waals surface area (Å²) in [7, 11) is 0. The quantitative estimate of drug-likeness (QED) is 0.548. The fourth-order valence-corrected chi connectivity index (χ4v) is 3.18. The van der Waals surface area contributed by atoms with Gasteiger partial charge in [-0.3, -0.25) is 0 Å². The Labute approximate surface area is 148 Å². The molecule has 22 heavy (non-hydrogen) atoms. The smallest absolute Gasteiger partial charge is 0 e. The molecule has 0 aromatic rings. The Hall–Kier alpha value is 0.359. The Morgan fingerprint density at radius 3 is 1.91 bits per heavy atom.